The minimum absolute atomic E-state index is 0.0202. The van der Waals surface area contributed by atoms with E-state index in [4.69, 9.17) is 4.74 Å². The predicted octanol–water partition coefficient (Wildman–Crippen LogP) is 3.92. The Morgan fingerprint density at radius 1 is 0.824 bits per heavy atom. The molecule has 0 radical (unpaired) electrons. The van der Waals surface area contributed by atoms with Crippen molar-refractivity contribution in [1.29, 1.82) is 0 Å². The molecule has 0 aromatic heterocycles. The minimum atomic E-state index is -3.79. The van der Waals surface area contributed by atoms with E-state index in [0.717, 1.165) is 29.7 Å². The highest BCUT2D eigenvalue weighted by molar-refractivity contribution is 7.89. The summed E-state index contributed by atoms with van der Waals surface area (Å²) in [7, 11) is -7.56. The van der Waals surface area contributed by atoms with Crippen molar-refractivity contribution in [3.63, 3.8) is 0 Å². The van der Waals surface area contributed by atoms with Gasteiger partial charge in [-0.05, 0) is 67.3 Å². The molecule has 0 atom stereocenters. The first kappa shape index (κ1) is 24.4. The minimum Gasteiger partial charge on any atom is -0.494 e. The van der Waals surface area contributed by atoms with Gasteiger partial charge in [-0.1, -0.05) is 42.5 Å². The number of sulfonamides is 2. The Morgan fingerprint density at radius 2 is 1.44 bits per heavy atom. The van der Waals surface area contributed by atoms with Crippen LogP contribution in [0.2, 0.25) is 0 Å². The van der Waals surface area contributed by atoms with E-state index < -0.39 is 20.0 Å². The fourth-order valence-electron chi connectivity index (χ4n) is 3.59. The summed E-state index contributed by atoms with van der Waals surface area (Å²) in [6.07, 6.45) is 1.62. The molecule has 0 amide bonds. The van der Waals surface area contributed by atoms with Crippen molar-refractivity contribution >= 4 is 20.0 Å². The van der Waals surface area contributed by atoms with E-state index in [1.54, 1.807) is 0 Å². The third-order valence-electron chi connectivity index (χ3n) is 5.58. The number of benzene rings is 3. The lowest BCUT2D eigenvalue weighted by atomic mass is 10.2. The van der Waals surface area contributed by atoms with Gasteiger partial charge in [0.2, 0.25) is 20.0 Å². The summed E-state index contributed by atoms with van der Waals surface area (Å²) in [5.41, 5.74) is 1.70. The van der Waals surface area contributed by atoms with Gasteiger partial charge < -0.3 is 4.74 Å². The lowest BCUT2D eigenvalue weighted by Crippen LogP contribution is -2.32. The largest absolute Gasteiger partial charge is 0.494 e. The van der Waals surface area contributed by atoms with Crippen molar-refractivity contribution in [3.8, 4) is 5.75 Å². The van der Waals surface area contributed by atoms with E-state index in [9.17, 15) is 16.8 Å². The summed E-state index contributed by atoms with van der Waals surface area (Å²) in [6.45, 7) is 2.87. The zero-order valence-corrected chi connectivity index (χ0v) is 20.6. The molecule has 0 aliphatic heterocycles. The zero-order valence-electron chi connectivity index (χ0n) is 18.9. The molecule has 1 aliphatic carbocycles. The van der Waals surface area contributed by atoms with Gasteiger partial charge in [-0.15, -0.1) is 0 Å². The van der Waals surface area contributed by atoms with E-state index in [1.165, 1.54) is 28.6 Å². The van der Waals surface area contributed by atoms with Crippen molar-refractivity contribution in [3.05, 3.63) is 90.0 Å². The van der Waals surface area contributed by atoms with Crippen LogP contribution >= 0.6 is 0 Å². The van der Waals surface area contributed by atoms with Gasteiger partial charge in [0.1, 0.15) is 5.75 Å². The van der Waals surface area contributed by atoms with Gasteiger partial charge in [0.25, 0.3) is 0 Å². The molecule has 180 valence electrons. The molecule has 0 unspecified atom stereocenters. The van der Waals surface area contributed by atoms with Crippen LogP contribution in [-0.4, -0.2) is 33.8 Å². The molecular weight excluding hydrogens is 472 g/mol. The molecule has 7 nitrogen and oxygen atoms in total. The Kier molecular flexibility index (Phi) is 7.37. The SMILES string of the molecule is CCOc1ccc(CN(C2CC2)S(=O)(=O)c2ccc(S(=O)(=O)NCc3ccccc3)cc2)cc1. The summed E-state index contributed by atoms with van der Waals surface area (Å²) >= 11 is 0. The Hall–Kier alpha value is -2.72. The molecule has 34 heavy (non-hydrogen) atoms. The molecular formula is C25H28N2O5S2. The molecule has 3 aromatic rings. The van der Waals surface area contributed by atoms with Crippen molar-refractivity contribution in [2.24, 2.45) is 0 Å². The highest BCUT2D eigenvalue weighted by Crippen LogP contribution is 2.34. The van der Waals surface area contributed by atoms with Gasteiger partial charge in [0.05, 0.1) is 16.4 Å². The van der Waals surface area contributed by atoms with Gasteiger partial charge in [-0.2, -0.15) is 4.31 Å². The van der Waals surface area contributed by atoms with E-state index >= 15 is 0 Å². The van der Waals surface area contributed by atoms with Crippen molar-refractivity contribution < 1.29 is 21.6 Å². The number of nitrogens with one attached hydrogen (secondary N) is 1. The third-order valence-corrected chi connectivity index (χ3v) is 8.91. The van der Waals surface area contributed by atoms with Gasteiger partial charge >= 0.3 is 0 Å². The summed E-state index contributed by atoms with van der Waals surface area (Å²) in [4.78, 5) is 0.0965. The van der Waals surface area contributed by atoms with E-state index in [0.29, 0.717) is 6.61 Å². The highest BCUT2D eigenvalue weighted by atomic mass is 32.2. The summed E-state index contributed by atoms with van der Waals surface area (Å²) < 4.78 is 61.6. The Labute approximate surface area is 201 Å². The number of ether oxygens (including phenoxy) is 1. The Bertz CT molecular complexity index is 1300. The second-order valence-corrected chi connectivity index (χ2v) is 11.8. The number of hydrogen-bond donors (Lipinski definition) is 1. The van der Waals surface area contributed by atoms with Crippen LogP contribution < -0.4 is 9.46 Å². The van der Waals surface area contributed by atoms with Crippen LogP contribution in [0.4, 0.5) is 0 Å². The van der Waals surface area contributed by atoms with Crippen LogP contribution in [0.5, 0.6) is 5.75 Å². The van der Waals surface area contributed by atoms with Gasteiger partial charge in [0.15, 0.2) is 0 Å². The second-order valence-electron chi connectivity index (χ2n) is 8.14. The van der Waals surface area contributed by atoms with Gasteiger partial charge in [-0.3, -0.25) is 0 Å². The Morgan fingerprint density at radius 3 is 2.03 bits per heavy atom. The first-order chi connectivity index (χ1) is 16.3. The quantitative estimate of drug-likeness (QED) is 0.431. The first-order valence-electron chi connectivity index (χ1n) is 11.2. The zero-order chi connectivity index (χ0) is 24.2. The van der Waals surface area contributed by atoms with Crippen LogP contribution in [0.3, 0.4) is 0 Å². The summed E-state index contributed by atoms with van der Waals surface area (Å²) in [5, 5.41) is 0. The van der Waals surface area contributed by atoms with Crippen LogP contribution in [0.1, 0.15) is 30.9 Å². The maximum Gasteiger partial charge on any atom is 0.243 e. The Balaban J connectivity index is 1.49. The van der Waals surface area contributed by atoms with Crippen LogP contribution in [0.25, 0.3) is 0 Å². The second kappa shape index (κ2) is 10.3. The van der Waals surface area contributed by atoms with Crippen LogP contribution in [-0.2, 0) is 33.1 Å². The predicted molar refractivity (Wildman–Crippen MR) is 130 cm³/mol. The summed E-state index contributed by atoms with van der Waals surface area (Å²) in [6, 6.07) is 21.9. The van der Waals surface area contributed by atoms with E-state index in [1.807, 2.05) is 61.5 Å². The average molecular weight is 501 g/mol. The van der Waals surface area contributed by atoms with Crippen molar-refractivity contribution in [2.75, 3.05) is 6.61 Å². The lowest BCUT2D eigenvalue weighted by molar-refractivity contribution is 0.340. The molecule has 1 fully saturated rings. The van der Waals surface area contributed by atoms with Crippen LogP contribution in [0, 0.1) is 0 Å². The van der Waals surface area contributed by atoms with Crippen molar-refractivity contribution in [1.82, 2.24) is 9.03 Å². The van der Waals surface area contributed by atoms with E-state index in [-0.39, 0.29) is 28.9 Å². The highest BCUT2D eigenvalue weighted by Gasteiger charge is 2.38. The molecule has 3 aromatic carbocycles. The maximum absolute atomic E-state index is 13.4. The topological polar surface area (TPSA) is 92.8 Å². The molecule has 1 aliphatic rings. The maximum atomic E-state index is 13.4. The lowest BCUT2D eigenvalue weighted by Gasteiger charge is -2.22. The fourth-order valence-corrected chi connectivity index (χ4v) is 6.29. The van der Waals surface area contributed by atoms with Gasteiger partial charge in [0, 0.05) is 19.1 Å². The molecule has 1 saturated carbocycles. The normalized spacial score (nSPS) is 14.3. The molecule has 1 N–H and O–H groups in total. The average Bonchev–Trinajstić information content (AvgIpc) is 3.68. The monoisotopic (exact) mass is 500 g/mol. The fraction of sp³-hybridized carbons (Fsp3) is 0.280. The van der Waals surface area contributed by atoms with Crippen molar-refractivity contribution in [2.45, 2.75) is 48.7 Å². The molecule has 0 bridgehead atoms. The third kappa shape index (κ3) is 5.85. The van der Waals surface area contributed by atoms with Gasteiger partial charge in [-0.25, -0.2) is 21.6 Å². The molecule has 0 saturated heterocycles. The molecule has 0 spiro atoms. The number of rotatable bonds is 11. The number of hydrogen-bond acceptors (Lipinski definition) is 5. The number of nitrogens with zero attached hydrogens (tertiary/aromatic N) is 1. The van der Waals surface area contributed by atoms with E-state index in [2.05, 4.69) is 4.72 Å². The molecule has 9 heteroatoms. The van der Waals surface area contributed by atoms with Crippen LogP contribution in [0.15, 0.2) is 88.7 Å². The smallest absolute Gasteiger partial charge is 0.243 e. The molecule has 0 heterocycles. The first-order valence-corrected chi connectivity index (χ1v) is 14.1. The standard InChI is InChI=1S/C25H28N2O5S2/c1-2-32-23-12-8-21(9-13-23)19-27(22-10-11-22)34(30,31)25-16-14-24(15-17-25)33(28,29)26-18-20-6-4-3-5-7-20/h3-9,12-17,22,26H,2,10-11,18-19H2,1H3. The summed E-state index contributed by atoms with van der Waals surface area (Å²) in [5.74, 6) is 0.741. The molecule has 4 rings (SSSR count).